The highest BCUT2D eigenvalue weighted by atomic mass is 16.2. The first-order valence-corrected chi connectivity index (χ1v) is 11.4. The van der Waals surface area contributed by atoms with Crippen LogP contribution in [0, 0.1) is 0 Å². The summed E-state index contributed by atoms with van der Waals surface area (Å²) in [6, 6.07) is 17.4. The van der Waals surface area contributed by atoms with Crippen molar-refractivity contribution in [2.45, 2.75) is 6.42 Å². The molecule has 8 nitrogen and oxygen atoms in total. The van der Waals surface area contributed by atoms with E-state index in [1.54, 1.807) is 6.20 Å². The van der Waals surface area contributed by atoms with Crippen LogP contribution < -0.4 is 5.32 Å². The number of piperazine rings is 1. The van der Waals surface area contributed by atoms with Crippen molar-refractivity contribution in [3.8, 4) is 22.5 Å². The van der Waals surface area contributed by atoms with Gasteiger partial charge < -0.3 is 15.1 Å². The van der Waals surface area contributed by atoms with E-state index in [0.717, 1.165) is 65.6 Å². The van der Waals surface area contributed by atoms with Crippen LogP contribution in [0.2, 0.25) is 0 Å². The van der Waals surface area contributed by atoms with Gasteiger partial charge >= 0.3 is 0 Å². The number of hydrogen-bond acceptors (Lipinski definition) is 5. The molecule has 0 saturated carbocycles. The second-order valence-corrected chi connectivity index (χ2v) is 8.90. The van der Waals surface area contributed by atoms with Gasteiger partial charge in [-0.3, -0.25) is 9.59 Å². The molecular weight excluding hydrogens is 428 g/mol. The van der Waals surface area contributed by atoms with Gasteiger partial charge in [-0.1, -0.05) is 18.2 Å². The SMILES string of the molecule is CN1CCN(C(=O)c2ccc(-c3ccc4ncc(-c5ccc6c(c5)CC(=O)N6)n4n3)cc2)CC1. The van der Waals surface area contributed by atoms with Crippen molar-refractivity contribution in [3.63, 3.8) is 0 Å². The lowest BCUT2D eigenvalue weighted by atomic mass is 10.1. The highest BCUT2D eigenvalue weighted by molar-refractivity contribution is 5.99. The summed E-state index contributed by atoms with van der Waals surface area (Å²) in [6.07, 6.45) is 2.19. The molecule has 1 saturated heterocycles. The van der Waals surface area contributed by atoms with Gasteiger partial charge in [-0.05, 0) is 49.0 Å². The molecule has 2 aromatic carbocycles. The number of rotatable bonds is 3. The van der Waals surface area contributed by atoms with Gasteiger partial charge in [0.15, 0.2) is 5.65 Å². The van der Waals surface area contributed by atoms with Gasteiger partial charge in [-0.25, -0.2) is 9.50 Å². The van der Waals surface area contributed by atoms with E-state index in [-0.39, 0.29) is 11.8 Å². The Kier molecular flexibility index (Phi) is 4.88. The molecule has 8 heteroatoms. The molecule has 0 bridgehead atoms. The Morgan fingerprint density at radius 1 is 0.941 bits per heavy atom. The summed E-state index contributed by atoms with van der Waals surface area (Å²) in [5.41, 5.74) is 6.83. The topological polar surface area (TPSA) is 82.8 Å². The van der Waals surface area contributed by atoms with Crippen molar-refractivity contribution in [1.29, 1.82) is 0 Å². The van der Waals surface area contributed by atoms with E-state index in [2.05, 4.69) is 22.2 Å². The minimum Gasteiger partial charge on any atom is -0.336 e. The Hall–Kier alpha value is -4.04. The zero-order chi connectivity index (χ0) is 23.2. The molecule has 34 heavy (non-hydrogen) atoms. The first-order valence-electron chi connectivity index (χ1n) is 11.4. The molecule has 170 valence electrons. The smallest absolute Gasteiger partial charge is 0.253 e. The van der Waals surface area contributed by atoms with Crippen molar-refractivity contribution in [3.05, 3.63) is 71.9 Å². The van der Waals surface area contributed by atoms with Crippen LogP contribution in [-0.2, 0) is 11.2 Å². The lowest BCUT2D eigenvalue weighted by Gasteiger charge is -2.32. The number of nitrogens with one attached hydrogen (secondary N) is 1. The Morgan fingerprint density at radius 3 is 2.50 bits per heavy atom. The molecule has 2 amide bonds. The van der Waals surface area contributed by atoms with Crippen LogP contribution in [0.1, 0.15) is 15.9 Å². The Balaban J connectivity index is 1.29. The van der Waals surface area contributed by atoms with Crippen molar-refractivity contribution in [1.82, 2.24) is 24.4 Å². The molecule has 4 heterocycles. The number of fused-ring (bicyclic) bond motifs is 2. The maximum Gasteiger partial charge on any atom is 0.253 e. The van der Waals surface area contributed by atoms with Gasteiger partial charge in [0.1, 0.15) is 0 Å². The maximum atomic E-state index is 12.9. The van der Waals surface area contributed by atoms with E-state index >= 15 is 0 Å². The first-order chi connectivity index (χ1) is 16.5. The summed E-state index contributed by atoms with van der Waals surface area (Å²) < 4.78 is 1.82. The minimum atomic E-state index is 0.0141. The van der Waals surface area contributed by atoms with E-state index in [0.29, 0.717) is 12.0 Å². The summed E-state index contributed by atoms with van der Waals surface area (Å²) >= 11 is 0. The third-order valence-electron chi connectivity index (χ3n) is 6.61. The molecule has 6 rings (SSSR count). The molecule has 1 fully saturated rings. The summed E-state index contributed by atoms with van der Waals surface area (Å²) in [7, 11) is 2.08. The first kappa shape index (κ1) is 20.6. The monoisotopic (exact) mass is 452 g/mol. The summed E-state index contributed by atoms with van der Waals surface area (Å²) in [4.78, 5) is 33.2. The number of nitrogens with zero attached hydrogens (tertiary/aromatic N) is 5. The molecular formula is C26H24N6O2. The van der Waals surface area contributed by atoms with Crippen molar-refractivity contribution in [2.75, 3.05) is 38.5 Å². The lowest BCUT2D eigenvalue weighted by molar-refractivity contribution is -0.115. The second-order valence-electron chi connectivity index (χ2n) is 8.90. The maximum absolute atomic E-state index is 12.9. The highest BCUT2D eigenvalue weighted by Crippen LogP contribution is 2.30. The van der Waals surface area contributed by atoms with Crippen molar-refractivity contribution < 1.29 is 9.59 Å². The molecule has 0 radical (unpaired) electrons. The van der Waals surface area contributed by atoms with Crippen LogP contribution in [0.4, 0.5) is 5.69 Å². The fourth-order valence-corrected chi connectivity index (χ4v) is 4.59. The van der Waals surface area contributed by atoms with Gasteiger partial charge in [-0.15, -0.1) is 0 Å². The lowest BCUT2D eigenvalue weighted by Crippen LogP contribution is -2.47. The Morgan fingerprint density at radius 2 is 1.71 bits per heavy atom. The third-order valence-corrected chi connectivity index (χ3v) is 6.61. The predicted octanol–water partition coefficient (Wildman–Crippen LogP) is 2.95. The number of benzene rings is 2. The standard InChI is InChI=1S/C26H24N6O2/c1-30-10-12-31(13-11-30)26(34)18-4-2-17(3-5-18)22-8-9-24-27-16-23(32(24)29-22)19-6-7-21-20(14-19)15-25(33)28-21/h2-9,14,16H,10-13,15H2,1H3,(H,28,33). The van der Waals surface area contributed by atoms with Gasteiger partial charge in [0.25, 0.3) is 5.91 Å². The summed E-state index contributed by atoms with van der Waals surface area (Å²) in [5, 5.41) is 7.70. The normalized spacial score (nSPS) is 16.0. The van der Waals surface area contributed by atoms with E-state index in [1.807, 2.05) is 64.0 Å². The van der Waals surface area contributed by atoms with Gasteiger partial charge in [0.2, 0.25) is 5.91 Å². The largest absolute Gasteiger partial charge is 0.336 e. The number of aromatic nitrogens is 3. The van der Waals surface area contributed by atoms with Gasteiger partial charge in [0.05, 0.1) is 24.0 Å². The molecule has 2 aliphatic rings. The molecule has 0 aliphatic carbocycles. The van der Waals surface area contributed by atoms with Gasteiger partial charge in [-0.2, -0.15) is 5.10 Å². The predicted molar refractivity (Wildman–Crippen MR) is 130 cm³/mol. The van der Waals surface area contributed by atoms with Crippen LogP contribution in [0.3, 0.4) is 0 Å². The van der Waals surface area contributed by atoms with Crippen LogP contribution in [0.25, 0.3) is 28.2 Å². The number of hydrogen-bond donors (Lipinski definition) is 1. The molecule has 1 N–H and O–H groups in total. The van der Waals surface area contributed by atoms with Crippen molar-refractivity contribution >= 4 is 23.1 Å². The number of likely N-dealkylation sites (N-methyl/N-ethyl adjacent to an activating group) is 1. The average Bonchev–Trinajstić information content (AvgIpc) is 3.45. The fraction of sp³-hybridized carbons (Fsp3) is 0.231. The third kappa shape index (κ3) is 3.62. The van der Waals surface area contributed by atoms with Crippen LogP contribution in [0.5, 0.6) is 0 Å². The number of carbonyl (C=O) groups excluding carboxylic acids is 2. The molecule has 0 atom stereocenters. The van der Waals surface area contributed by atoms with E-state index in [4.69, 9.17) is 5.10 Å². The zero-order valence-corrected chi connectivity index (χ0v) is 18.9. The highest BCUT2D eigenvalue weighted by Gasteiger charge is 2.21. The molecule has 2 aromatic heterocycles. The quantitative estimate of drug-likeness (QED) is 0.517. The number of anilines is 1. The minimum absolute atomic E-state index is 0.0141. The van der Waals surface area contributed by atoms with Crippen LogP contribution in [-0.4, -0.2) is 69.4 Å². The molecule has 0 spiro atoms. The Labute approximate surface area is 196 Å². The molecule has 0 unspecified atom stereocenters. The zero-order valence-electron chi connectivity index (χ0n) is 18.9. The summed E-state index contributed by atoms with van der Waals surface area (Å²) in [5.74, 6) is 0.0878. The van der Waals surface area contributed by atoms with Crippen LogP contribution in [0.15, 0.2) is 60.8 Å². The average molecular weight is 453 g/mol. The number of amides is 2. The van der Waals surface area contributed by atoms with E-state index in [9.17, 15) is 9.59 Å². The Bertz CT molecular complexity index is 1420. The van der Waals surface area contributed by atoms with Crippen LogP contribution >= 0.6 is 0 Å². The summed E-state index contributed by atoms with van der Waals surface area (Å²) in [6.45, 7) is 3.31. The van der Waals surface area contributed by atoms with Gasteiger partial charge in [0, 0.05) is 48.6 Å². The second kappa shape index (κ2) is 8.07. The van der Waals surface area contributed by atoms with Crippen molar-refractivity contribution in [2.24, 2.45) is 0 Å². The number of imidazole rings is 1. The molecule has 4 aromatic rings. The fourth-order valence-electron chi connectivity index (χ4n) is 4.59. The number of carbonyl (C=O) groups is 2. The molecule has 2 aliphatic heterocycles. The van der Waals surface area contributed by atoms with E-state index < -0.39 is 0 Å². The van der Waals surface area contributed by atoms with E-state index in [1.165, 1.54) is 0 Å².